The first-order chi connectivity index (χ1) is 15.7. The van der Waals surface area contributed by atoms with Gasteiger partial charge < -0.3 is 13.9 Å². The van der Waals surface area contributed by atoms with Gasteiger partial charge in [-0.3, -0.25) is 14.5 Å². The summed E-state index contributed by atoms with van der Waals surface area (Å²) in [5, 5.41) is 11.7. The second-order valence-corrected chi connectivity index (χ2v) is 7.95. The molecule has 0 aliphatic carbocycles. The smallest absolute Gasteiger partial charge is 0.294 e. The number of benzene rings is 2. The lowest BCUT2D eigenvalue weighted by molar-refractivity contribution is -0.117. The first kappa shape index (κ1) is 21.0. The zero-order valence-corrected chi connectivity index (χ0v) is 17.7. The minimum atomic E-state index is -1.24. The van der Waals surface area contributed by atoms with E-state index in [4.69, 9.17) is 20.4 Å². The lowest BCUT2D eigenvalue weighted by atomic mass is 9.99. The molecular weight excluding hydrogens is 456 g/mol. The number of aliphatic hydroxyl groups excluding tert-OH is 1. The number of Topliss-reactive ketones (excluding diaryl/α,β-unsaturated/α-hetero) is 1. The van der Waals surface area contributed by atoms with Crippen LogP contribution in [0.2, 0.25) is 5.02 Å². The van der Waals surface area contributed by atoms with Crippen LogP contribution in [0.4, 0.5) is 14.5 Å². The Morgan fingerprint density at radius 2 is 1.82 bits per heavy atom. The highest BCUT2D eigenvalue weighted by molar-refractivity contribution is 6.31. The van der Waals surface area contributed by atoms with Gasteiger partial charge in [-0.2, -0.15) is 0 Å². The number of aliphatic hydroxyl groups is 1. The standard InChI is InChI=1S/C24H14ClF2NO5/c1-11-2-6-18(32-11)21-20(22(29)19-9-12-8-13(25)3-7-17(12)33-19)23(30)24(31)28(21)14-4-5-15(26)16(27)10-14/h2-10,21,30H,1H3. The molecule has 0 spiro atoms. The van der Waals surface area contributed by atoms with E-state index in [1.165, 1.54) is 18.2 Å². The normalized spacial score (nSPS) is 16.3. The minimum absolute atomic E-state index is 0.0660. The third kappa shape index (κ3) is 3.39. The second-order valence-electron chi connectivity index (χ2n) is 7.51. The maximum atomic E-state index is 14.0. The molecule has 6 nitrogen and oxygen atoms in total. The first-order valence-electron chi connectivity index (χ1n) is 9.76. The molecule has 0 radical (unpaired) electrons. The van der Waals surface area contributed by atoms with Crippen molar-refractivity contribution in [3.8, 4) is 0 Å². The predicted molar refractivity (Wildman–Crippen MR) is 115 cm³/mol. The number of furan rings is 2. The number of fused-ring (bicyclic) bond motifs is 1. The number of hydrogen-bond donors (Lipinski definition) is 1. The average Bonchev–Trinajstić information content (AvgIpc) is 3.46. The maximum absolute atomic E-state index is 14.0. The number of halogens is 3. The predicted octanol–water partition coefficient (Wildman–Crippen LogP) is 6.05. The summed E-state index contributed by atoms with van der Waals surface area (Å²) in [7, 11) is 0. The molecule has 1 aliphatic heterocycles. The number of rotatable bonds is 4. The maximum Gasteiger partial charge on any atom is 0.294 e. The minimum Gasteiger partial charge on any atom is -0.503 e. The number of ketones is 1. The summed E-state index contributed by atoms with van der Waals surface area (Å²) in [6, 6.07) is 11.0. The van der Waals surface area contributed by atoms with E-state index in [0.717, 1.165) is 17.0 Å². The third-order valence-corrected chi connectivity index (χ3v) is 5.60. The molecule has 9 heteroatoms. The molecule has 0 bridgehead atoms. The van der Waals surface area contributed by atoms with Crippen LogP contribution in [0.15, 0.2) is 74.8 Å². The molecule has 0 saturated heterocycles. The molecule has 0 fully saturated rings. The Morgan fingerprint density at radius 3 is 2.52 bits per heavy atom. The van der Waals surface area contributed by atoms with Gasteiger partial charge in [0, 0.05) is 22.2 Å². The van der Waals surface area contributed by atoms with Crippen molar-refractivity contribution in [2.45, 2.75) is 13.0 Å². The van der Waals surface area contributed by atoms with Crippen LogP contribution in [0.3, 0.4) is 0 Å². The molecule has 1 N–H and O–H groups in total. The molecule has 2 aromatic carbocycles. The molecule has 2 aromatic heterocycles. The summed E-state index contributed by atoms with van der Waals surface area (Å²) >= 11 is 6.00. The van der Waals surface area contributed by atoms with Crippen LogP contribution in [0, 0.1) is 18.6 Å². The second kappa shape index (κ2) is 7.60. The van der Waals surface area contributed by atoms with Crippen LogP contribution >= 0.6 is 11.6 Å². The Balaban J connectivity index is 1.65. The summed E-state index contributed by atoms with van der Waals surface area (Å²) in [5.41, 5.74) is 0.00273. The lowest BCUT2D eigenvalue weighted by Crippen LogP contribution is -2.31. The van der Waals surface area contributed by atoms with E-state index >= 15 is 0 Å². The number of aryl methyl sites for hydroxylation is 1. The van der Waals surface area contributed by atoms with Crippen molar-refractivity contribution in [3.05, 3.63) is 99.9 Å². The molecule has 5 rings (SSSR count). The highest BCUT2D eigenvalue weighted by atomic mass is 35.5. The highest BCUT2D eigenvalue weighted by Gasteiger charge is 2.47. The SMILES string of the molecule is Cc1ccc(C2C(C(=O)c3cc4cc(Cl)ccc4o3)=C(O)C(=O)N2c2ccc(F)c(F)c2)o1. The van der Waals surface area contributed by atoms with E-state index in [2.05, 4.69) is 0 Å². The van der Waals surface area contributed by atoms with Gasteiger partial charge in [0.2, 0.25) is 5.78 Å². The van der Waals surface area contributed by atoms with Gasteiger partial charge in [0.25, 0.3) is 5.91 Å². The van der Waals surface area contributed by atoms with Crippen molar-refractivity contribution in [2.24, 2.45) is 0 Å². The van der Waals surface area contributed by atoms with Crippen molar-refractivity contribution in [1.82, 2.24) is 0 Å². The van der Waals surface area contributed by atoms with Crippen LogP contribution in [0.25, 0.3) is 11.0 Å². The van der Waals surface area contributed by atoms with Gasteiger partial charge in [0.05, 0.1) is 5.57 Å². The van der Waals surface area contributed by atoms with Crippen LogP contribution in [0.1, 0.15) is 28.1 Å². The van der Waals surface area contributed by atoms with Gasteiger partial charge in [-0.1, -0.05) is 11.6 Å². The van der Waals surface area contributed by atoms with Gasteiger partial charge in [0.15, 0.2) is 23.2 Å². The summed E-state index contributed by atoms with van der Waals surface area (Å²) < 4.78 is 38.7. The molecule has 1 unspecified atom stereocenters. The van der Waals surface area contributed by atoms with Gasteiger partial charge in [-0.25, -0.2) is 8.78 Å². The summed E-state index contributed by atoms with van der Waals surface area (Å²) in [6.07, 6.45) is 0. The number of carbonyl (C=O) groups excluding carboxylic acids is 2. The Labute approximate surface area is 190 Å². The topological polar surface area (TPSA) is 83.9 Å². The fourth-order valence-corrected chi connectivity index (χ4v) is 4.05. The summed E-state index contributed by atoms with van der Waals surface area (Å²) in [5.74, 6) is -4.38. The van der Waals surface area contributed by atoms with Gasteiger partial charge in [0.1, 0.15) is 23.1 Å². The van der Waals surface area contributed by atoms with Crippen molar-refractivity contribution < 1.29 is 32.3 Å². The zero-order valence-electron chi connectivity index (χ0n) is 16.9. The largest absolute Gasteiger partial charge is 0.503 e. The van der Waals surface area contributed by atoms with Crippen molar-refractivity contribution in [2.75, 3.05) is 4.90 Å². The molecule has 1 aliphatic rings. The van der Waals surface area contributed by atoms with E-state index in [-0.39, 0.29) is 22.8 Å². The Kier molecular flexibility index (Phi) is 4.83. The van der Waals surface area contributed by atoms with Crippen molar-refractivity contribution >= 4 is 39.9 Å². The molecule has 166 valence electrons. The highest BCUT2D eigenvalue weighted by Crippen LogP contribution is 2.43. The Hall–Kier alpha value is -3.91. The molecular formula is C24H14ClF2NO5. The van der Waals surface area contributed by atoms with Crippen molar-refractivity contribution in [1.29, 1.82) is 0 Å². The van der Waals surface area contributed by atoms with Crippen LogP contribution in [-0.2, 0) is 4.79 Å². The number of hydrogen-bond acceptors (Lipinski definition) is 5. The zero-order chi connectivity index (χ0) is 23.4. The van der Waals surface area contributed by atoms with Crippen LogP contribution in [0.5, 0.6) is 0 Å². The number of nitrogens with zero attached hydrogens (tertiary/aromatic N) is 1. The van der Waals surface area contributed by atoms with Gasteiger partial charge >= 0.3 is 0 Å². The Bertz CT molecular complexity index is 1490. The van der Waals surface area contributed by atoms with E-state index in [1.807, 2.05) is 0 Å². The fraction of sp³-hybridized carbons (Fsp3) is 0.0833. The third-order valence-electron chi connectivity index (χ3n) is 5.37. The van der Waals surface area contributed by atoms with E-state index < -0.39 is 35.1 Å². The molecule has 4 aromatic rings. The van der Waals surface area contributed by atoms with E-state index in [9.17, 15) is 23.5 Å². The van der Waals surface area contributed by atoms with Gasteiger partial charge in [-0.15, -0.1) is 0 Å². The molecule has 1 atom stereocenters. The fourth-order valence-electron chi connectivity index (χ4n) is 3.87. The molecule has 33 heavy (non-hydrogen) atoms. The quantitative estimate of drug-likeness (QED) is 0.368. The molecule has 1 amide bonds. The van der Waals surface area contributed by atoms with Crippen molar-refractivity contribution in [3.63, 3.8) is 0 Å². The Morgan fingerprint density at radius 1 is 1.03 bits per heavy atom. The molecule has 0 saturated carbocycles. The van der Waals surface area contributed by atoms with E-state index in [0.29, 0.717) is 21.8 Å². The number of anilines is 1. The summed E-state index contributed by atoms with van der Waals surface area (Å²) in [6.45, 7) is 1.66. The lowest BCUT2D eigenvalue weighted by Gasteiger charge is -2.24. The average molecular weight is 470 g/mol. The monoisotopic (exact) mass is 469 g/mol. The van der Waals surface area contributed by atoms with Crippen LogP contribution < -0.4 is 4.90 Å². The molecule has 3 heterocycles. The van der Waals surface area contributed by atoms with Crippen LogP contribution in [-0.4, -0.2) is 16.8 Å². The first-order valence-corrected chi connectivity index (χ1v) is 10.1. The van der Waals surface area contributed by atoms with E-state index in [1.54, 1.807) is 31.2 Å². The van der Waals surface area contributed by atoms with Gasteiger partial charge in [-0.05, 0) is 55.5 Å². The summed E-state index contributed by atoms with van der Waals surface area (Å²) in [4.78, 5) is 27.4. The number of carbonyl (C=O) groups is 2. The number of amides is 1.